The second kappa shape index (κ2) is 5.89. The minimum absolute atomic E-state index is 0.176. The number of amides is 1. The predicted molar refractivity (Wildman–Crippen MR) is 81.8 cm³/mol. The number of hydrogen-bond acceptors (Lipinski definition) is 2. The molecule has 1 aliphatic rings. The van der Waals surface area contributed by atoms with Crippen LogP contribution in [0.4, 0.5) is 4.39 Å². The van der Waals surface area contributed by atoms with Crippen molar-refractivity contribution in [1.29, 1.82) is 0 Å². The molecule has 2 aromatic carbocycles. The van der Waals surface area contributed by atoms with Crippen molar-refractivity contribution in [3.05, 3.63) is 71.0 Å². The van der Waals surface area contributed by atoms with Crippen molar-refractivity contribution in [2.45, 2.75) is 24.9 Å². The van der Waals surface area contributed by atoms with E-state index in [0.717, 1.165) is 23.1 Å². The molecular weight excluding hydrogens is 281 g/mol. The van der Waals surface area contributed by atoms with Crippen molar-refractivity contribution in [1.82, 2.24) is 5.32 Å². The largest absolute Gasteiger partial charge is 0.383 e. The molecule has 0 heterocycles. The molecule has 1 aliphatic carbocycles. The Morgan fingerprint density at radius 3 is 2.68 bits per heavy atom. The van der Waals surface area contributed by atoms with Crippen LogP contribution in [0.5, 0.6) is 0 Å². The van der Waals surface area contributed by atoms with Crippen LogP contribution in [0.3, 0.4) is 0 Å². The molecule has 0 bridgehead atoms. The number of hydrogen-bond donors (Lipinski definition) is 2. The molecule has 3 rings (SSSR count). The van der Waals surface area contributed by atoms with Crippen molar-refractivity contribution < 1.29 is 14.3 Å². The van der Waals surface area contributed by atoms with Gasteiger partial charge in [-0.1, -0.05) is 36.4 Å². The first kappa shape index (κ1) is 14.7. The van der Waals surface area contributed by atoms with E-state index in [0.29, 0.717) is 6.42 Å². The van der Waals surface area contributed by atoms with Crippen LogP contribution in [0, 0.1) is 5.82 Å². The molecule has 1 amide bonds. The second-order valence-electron chi connectivity index (χ2n) is 5.77. The first-order chi connectivity index (χ1) is 10.6. The number of benzene rings is 2. The Morgan fingerprint density at radius 2 is 1.91 bits per heavy atom. The highest BCUT2D eigenvalue weighted by Gasteiger charge is 2.36. The van der Waals surface area contributed by atoms with Crippen molar-refractivity contribution in [2.24, 2.45) is 0 Å². The molecule has 22 heavy (non-hydrogen) atoms. The van der Waals surface area contributed by atoms with E-state index in [2.05, 4.69) is 5.32 Å². The van der Waals surface area contributed by atoms with Crippen LogP contribution < -0.4 is 5.32 Å². The molecule has 1 atom stereocenters. The van der Waals surface area contributed by atoms with E-state index < -0.39 is 5.60 Å². The van der Waals surface area contributed by atoms with Gasteiger partial charge < -0.3 is 10.4 Å². The van der Waals surface area contributed by atoms with Gasteiger partial charge in [0.1, 0.15) is 11.4 Å². The van der Waals surface area contributed by atoms with Crippen molar-refractivity contribution in [3.63, 3.8) is 0 Å². The normalized spacial score (nSPS) is 19.7. The molecule has 2 aromatic rings. The van der Waals surface area contributed by atoms with Crippen molar-refractivity contribution in [3.8, 4) is 0 Å². The quantitative estimate of drug-likeness (QED) is 0.910. The van der Waals surface area contributed by atoms with Gasteiger partial charge in [0.2, 0.25) is 5.91 Å². The molecular formula is C18H18FNO2. The van der Waals surface area contributed by atoms with Crippen LogP contribution in [0.2, 0.25) is 0 Å². The molecule has 0 saturated carbocycles. The lowest BCUT2D eigenvalue weighted by atomic mass is 9.96. The number of fused-ring (bicyclic) bond motifs is 1. The van der Waals surface area contributed by atoms with E-state index in [1.165, 1.54) is 12.1 Å². The molecule has 0 spiro atoms. The van der Waals surface area contributed by atoms with E-state index in [-0.39, 0.29) is 24.7 Å². The Hall–Kier alpha value is -2.20. The number of carbonyl (C=O) groups excluding carboxylic acids is 1. The van der Waals surface area contributed by atoms with Crippen molar-refractivity contribution >= 4 is 5.91 Å². The lowest BCUT2D eigenvalue weighted by Gasteiger charge is -2.24. The third-order valence-electron chi connectivity index (χ3n) is 4.18. The van der Waals surface area contributed by atoms with Crippen LogP contribution in [-0.4, -0.2) is 17.6 Å². The zero-order valence-corrected chi connectivity index (χ0v) is 12.2. The summed E-state index contributed by atoms with van der Waals surface area (Å²) in [5, 5.41) is 13.5. The van der Waals surface area contributed by atoms with Gasteiger partial charge in [0.25, 0.3) is 0 Å². The Balaban J connectivity index is 1.61. The summed E-state index contributed by atoms with van der Waals surface area (Å²) in [6.07, 6.45) is 1.61. The summed E-state index contributed by atoms with van der Waals surface area (Å²) in [7, 11) is 0. The Labute approximate surface area is 128 Å². The van der Waals surface area contributed by atoms with Gasteiger partial charge in [-0.3, -0.25) is 4.79 Å². The molecule has 114 valence electrons. The maximum absolute atomic E-state index is 12.8. The first-order valence-corrected chi connectivity index (χ1v) is 7.39. The molecule has 0 aliphatic heterocycles. The van der Waals surface area contributed by atoms with Crippen molar-refractivity contribution in [2.75, 3.05) is 6.54 Å². The fourth-order valence-electron chi connectivity index (χ4n) is 2.95. The minimum atomic E-state index is -0.991. The monoisotopic (exact) mass is 299 g/mol. The number of nitrogens with one attached hydrogen (secondary N) is 1. The SMILES string of the molecule is O=C(Cc1ccc(F)cc1)NC[C@@]1(O)CCc2ccccc21. The summed E-state index contributed by atoms with van der Waals surface area (Å²) in [5.74, 6) is -0.495. The fraction of sp³-hybridized carbons (Fsp3) is 0.278. The number of rotatable bonds is 4. The van der Waals surface area contributed by atoms with Crippen LogP contribution in [0.1, 0.15) is 23.1 Å². The summed E-state index contributed by atoms with van der Waals surface area (Å²) in [5.41, 5.74) is 1.79. The molecule has 2 N–H and O–H groups in total. The Bertz CT molecular complexity index is 684. The number of carbonyl (C=O) groups is 1. The van der Waals surface area contributed by atoms with Crippen LogP contribution in [0.15, 0.2) is 48.5 Å². The third-order valence-corrected chi connectivity index (χ3v) is 4.18. The third kappa shape index (κ3) is 3.02. The zero-order valence-electron chi connectivity index (χ0n) is 12.2. The van der Waals surface area contributed by atoms with Crippen LogP contribution >= 0.6 is 0 Å². The van der Waals surface area contributed by atoms with Crippen LogP contribution in [0.25, 0.3) is 0 Å². The van der Waals surface area contributed by atoms with Gasteiger partial charge in [-0.25, -0.2) is 4.39 Å². The van der Waals surface area contributed by atoms with E-state index >= 15 is 0 Å². The molecule has 0 fully saturated rings. The summed E-state index contributed by atoms with van der Waals surface area (Å²) in [6.45, 7) is 0.198. The molecule has 3 nitrogen and oxygen atoms in total. The Kier molecular flexibility index (Phi) is 3.94. The molecule has 0 saturated heterocycles. The first-order valence-electron chi connectivity index (χ1n) is 7.39. The number of aryl methyl sites for hydroxylation is 1. The summed E-state index contributed by atoms with van der Waals surface area (Å²) in [6, 6.07) is 13.6. The molecule has 4 heteroatoms. The van der Waals surface area contributed by atoms with E-state index in [9.17, 15) is 14.3 Å². The molecule has 0 aromatic heterocycles. The topological polar surface area (TPSA) is 49.3 Å². The van der Waals surface area contributed by atoms with Gasteiger partial charge in [0, 0.05) is 0 Å². The van der Waals surface area contributed by atoms with E-state index in [1.54, 1.807) is 12.1 Å². The maximum Gasteiger partial charge on any atom is 0.224 e. The van der Waals surface area contributed by atoms with Gasteiger partial charge in [0.15, 0.2) is 0 Å². The summed E-state index contributed by atoms with van der Waals surface area (Å²) in [4.78, 5) is 12.0. The zero-order chi connectivity index (χ0) is 15.6. The lowest BCUT2D eigenvalue weighted by molar-refractivity contribution is -0.121. The summed E-state index contributed by atoms with van der Waals surface area (Å²) < 4.78 is 12.8. The van der Waals surface area contributed by atoms with Gasteiger partial charge in [-0.05, 0) is 41.7 Å². The highest BCUT2D eigenvalue weighted by atomic mass is 19.1. The highest BCUT2D eigenvalue weighted by Crippen LogP contribution is 2.36. The lowest BCUT2D eigenvalue weighted by Crippen LogP contribution is -2.39. The average Bonchev–Trinajstić information content (AvgIpc) is 2.86. The second-order valence-corrected chi connectivity index (χ2v) is 5.77. The van der Waals surface area contributed by atoms with E-state index in [4.69, 9.17) is 0 Å². The van der Waals surface area contributed by atoms with E-state index in [1.807, 2.05) is 24.3 Å². The smallest absolute Gasteiger partial charge is 0.224 e. The van der Waals surface area contributed by atoms with Gasteiger partial charge in [0.05, 0.1) is 13.0 Å². The molecule has 0 unspecified atom stereocenters. The standard InChI is InChI=1S/C18H18FNO2/c19-15-7-5-13(6-8-15)11-17(21)20-12-18(22)10-9-14-3-1-2-4-16(14)18/h1-8,22H,9-12H2,(H,20,21)/t18-/m0/s1. The highest BCUT2D eigenvalue weighted by molar-refractivity contribution is 5.78. The van der Waals surface area contributed by atoms with Gasteiger partial charge >= 0.3 is 0 Å². The number of aliphatic hydroxyl groups is 1. The number of halogens is 1. The summed E-state index contributed by atoms with van der Waals surface area (Å²) >= 11 is 0. The Morgan fingerprint density at radius 1 is 1.18 bits per heavy atom. The average molecular weight is 299 g/mol. The maximum atomic E-state index is 12.8. The molecule has 0 radical (unpaired) electrons. The van der Waals surface area contributed by atoms with Gasteiger partial charge in [-0.2, -0.15) is 0 Å². The van der Waals surface area contributed by atoms with Crippen LogP contribution in [-0.2, 0) is 23.2 Å². The predicted octanol–water partition coefficient (Wildman–Crippen LogP) is 2.32. The fourth-order valence-corrected chi connectivity index (χ4v) is 2.95. The minimum Gasteiger partial charge on any atom is -0.383 e. The van der Waals surface area contributed by atoms with Gasteiger partial charge in [-0.15, -0.1) is 0 Å².